The first-order chi connectivity index (χ1) is 8.47. The molecule has 0 aliphatic carbocycles. The molecule has 0 aromatic heterocycles. The van der Waals surface area contributed by atoms with E-state index in [1.165, 1.54) is 12.1 Å². The van der Waals surface area contributed by atoms with Gasteiger partial charge in [-0.25, -0.2) is 4.79 Å². The van der Waals surface area contributed by atoms with Gasteiger partial charge in [0.1, 0.15) is 0 Å². The molecular formula is C11H10N2O5. The van der Waals surface area contributed by atoms with E-state index >= 15 is 0 Å². The minimum Gasteiger partial charge on any atom is -0.479 e. The Balaban J connectivity index is 3.17. The van der Waals surface area contributed by atoms with E-state index in [-0.39, 0.29) is 29.7 Å². The number of nitrogens with zero attached hydrogens (tertiary/aromatic N) is 2. The van der Waals surface area contributed by atoms with Crippen LogP contribution in [0.1, 0.15) is 23.7 Å². The molecule has 1 aromatic rings. The summed E-state index contributed by atoms with van der Waals surface area (Å²) in [7, 11) is 0. The van der Waals surface area contributed by atoms with Gasteiger partial charge < -0.3 is 10.2 Å². The van der Waals surface area contributed by atoms with E-state index in [0.717, 1.165) is 6.07 Å². The molecule has 2 N–H and O–H groups in total. The highest BCUT2D eigenvalue weighted by atomic mass is 16.6. The number of nitriles is 1. The fraction of sp³-hybridized carbons (Fsp3) is 0.273. The molecule has 1 unspecified atom stereocenters. The Bertz CT molecular complexity index is 521. The average Bonchev–Trinajstić information content (AvgIpc) is 2.34. The number of hydrogen-bond acceptors (Lipinski definition) is 5. The SMILES string of the molecule is N#CCCc1cc(C(O)C(=O)O)ccc1[N+](=O)[O-]. The largest absolute Gasteiger partial charge is 0.479 e. The zero-order valence-electron chi connectivity index (χ0n) is 9.24. The van der Waals surface area contributed by atoms with Gasteiger partial charge in [0.25, 0.3) is 5.69 Å². The van der Waals surface area contributed by atoms with Gasteiger partial charge in [0, 0.05) is 18.1 Å². The maximum Gasteiger partial charge on any atom is 0.337 e. The van der Waals surface area contributed by atoms with Crippen LogP contribution in [-0.2, 0) is 11.2 Å². The first-order valence-corrected chi connectivity index (χ1v) is 5.02. The topological polar surface area (TPSA) is 124 Å². The molecule has 1 aromatic carbocycles. The van der Waals surface area contributed by atoms with Crippen molar-refractivity contribution >= 4 is 11.7 Å². The maximum absolute atomic E-state index is 10.7. The lowest BCUT2D eigenvalue weighted by Crippen LogP contribution is -2.11. The first-order valence-electron chi connectivity index (χ1n) is 5.02. The summed E-state index contributed by atoms with van der Waals surface area (Å²) in [6, 6.07) is 5.42. The van der Waals surface area contributed by atoms with E-state index in [2.05, 4.69) is 0 Å². The van der Waals surface area contributed by atoms with Gasteiger partial charge in [-0.3, -0.25) is 10.1 Å². The molecule has 0 saturated carbocycles. The number of aliphatic hydroxyl groups is 1. The number of carboxylic acid groups (broad SMARTS) is 1. The Hall–Kier alpha value is -2.46. The minimum atomic E-state index is -1.73. The summed E-state index contributed by atoms with van der Waals surface area (Å²) in [5.41, 5.74) is 0.104. The molecule has 7 nitrogen and oxygen atoms in total. The molecule has 7 heteroatoms. The lowest BCUT2D eigenvalue weighted by molar-refractivity contribution is -0.385. The van der Waals surface area contributed by atoms with E-state index in [1.54, 1.807) is 0 Å². The van der Waals surface area contributed by atoms with Crippen molar-refractivity contribution < 1.29 is 19.9 Å². The summed E-state index contributed by atoms with van der Waals surface area (Å²) >= 11 is 0. The number of nitro benzene ring substituents is 1. The smallest absolute Gasteiger partial charge is 0.337 e. The molecule has 18 heavy (non-hydrogen) atoms. The number of carbonyl (C=O) groups is 1. The zero-order valence-corrected chi connectivity index (χ0v) is 9.24. The van der Waals surface area contributed by atoms with Crippen LogP contribution in [0.4, 0.5) is 5.69 Å². The summed E-state index contributed by atoms with van der Waals surface area (Å²) in [6.45, 7) is 0. The molecule has 1 atom stereocenters. The number of aryl methyl sites for hydroxylation is 1. The number of nitro groups is 1. The highest BCUT2D eigenvalue weighted by molar-refractivity contribution is 5.74. The van der Waals surface area contributed by atoms with Crippen molar-refractivity contribution in [1.82, 2.24) is 0 Å². The average molecular weight is 250 g/mol. The second-order valence-corrected chi connectivity index (χ2v) is 3.54. The van der Waals surface area contributed by atoms with Gasteiger partial charge in [0.2, 0.25) is 0 Å². The number of benzene rings is 1. The Morgan fingerprint density at radius 1 is 1.56 bits per heavy atom. The van der Waals surface area contributed by atoms with E-state index in [0.29, 0.717) is 0 Å². The second-order valence-electron chi connectivity index (χ2n) is 3.54. The number of aliphatic carboxylic acids is 1. The van der Waals surface area contributed by atoms with Gasteiger partial charge in [0.05, 0.1) is 11.0 Å². The van der Waals surface area contributed by atoms with Crippen molar-refractivity contribution in [3.63, 3.8) is 0 Å². The summed E-state index contributed by atoms with van der Waals surface area (Å²) in [5.74, 6) is -1.44. The van der Waals surface area contributed by atoms with Crippen LogP contribution in [0, 0.1) is 21.4 Å². The standard InChI is InChI=1S/C11H10N2O5/c12-5-1-2-7-6-8(10(14)11(15)16)3-4-9(7)13(17)18/h3-4,6,10,14H,1-2H2,(H,15,16). The van der Waals surface area contributed by atoms with Crippen molar-refractivity contribution in [2.24, 2.45) is 0 Å². The Labute approximate surface area is 102 Å². The molecule has 0 heterocycles. The normalized spacial score (nSPS) is 11.6. The predicted molar refractivity (Wildman–Crippen MR) is 59.6 cm³/mol. The van der Waals surface area contributed by atoms with Crippen molar-refractivity contribution in [1.29, 1.82) is 5.26 Å². The minimum absolute atomic E-state index is 0.0565. The van der Waals surface area contributed by atoms with Crippen molar-refractivity contribution in [2.75, 3.05) is 0 Å². The monoisotopic (exact) mass is 250 g/mol. The number of aliphatic hydroxyl groups excluding tert-OH is 1. The lowest BCUT2D eigenvalue weighted by atomic mass is 10.0. The van der Waals surface area contributed by atoms with Gasteiger partial charge in [-0.15, -0.1) is 0 Å². The van der Waals surface area contributed by atoms with E-state index in [4.69, 9.17) is 10.4 Å². The lowest BCUT2D eigenvalue weighted by Gasteiger charge is -2.08. The fourth-order valence-corrected chi connectivity index (χ4v) is 1.49. The highest BCUT2D eigenvalue weighted by Crippen LogP contribution is 2.24. The van der Waals surface area contributed by atoms with E-state index in [1.807, 2.05) is 6.07 Å². The van der Waals surface area contributed by atoms with Crippen molar-refractivity contribution in [2.45, 2.75) is 18.9 Å². The van der Waals surface area contributed by atoms with Crippen LogP contribution in [0.5, 0.6) is 0 Å². The van der Waals surface area contributed by atoms with Crippen LogP contribution < -0.4 is 0 Å². The highest BCUT2D eigenvalue weighted by Gasteiger charge is 2.20. The molecule has 0 aliphatic rings. The fourth-order valence-electron chi connectivity index (χ4n) is 1.49. The summed E-state index contributed by atoms with van der Waals surface area (Å²) in [6.07, 6.45) is -1.52. The molecule has 1 rings (SSSR count). The molecule has 0 fully saturated rings. The van der Waals surface area contributed by atoms with Gasteiger partial charge in [-0.1, -0.05) is 0 Å². The summed E-state index contributed by atoms with van der Waals surface area (Å²) in [5, 5.41) is 37.2. The Morgan fingerprint density at radius 2 is 2.22 bits per heavy atom. The third-order valence-electron chi connectivity index (χ3n) is 2.36. The van der Waals surface area contributed by atoms with Crippen LogP contribution in [0.2, 0.25) is 0 Å². The number of carboxylic acids is 1. The molecule has 0 amide bonds. The molecule has 0 aliphatic heterocycles. The predicted octanol–water partition coefficient (Wildman–Crippen LogP) is 1.17. The van der Waals surface area contributed by atoms with Crippen LogP contribution in [0.15, 0.2) is 18.2 Å². The van der Waals surface area contributed by atoms with E-state index in [9.17, 15) is 20.0 Å². The molecule has 0 saturated heterocycles. The van der Waals surface area contributed by atoms with E-state index < -0.39 is 17.0 Å². The third kappa shape index (κ3) is 3.02. The van der Waals surface area contributed by atoms with Crippen LogP contribution in [0.3, 0.4) is 0 Å². The Kier molecular flexibility index (Phi) is 4.34. The van der Waals surface area contributed by atoms with Gasteiger partial charge in [-0.05, 0) is 24.1 Å². The van der Waals surface area contributed by atoms with Crippen molar-refractivity contribution in [3.05, 3.63) is 39.4 Å². The molecule has 0 spiro atoms. The summed E-state index contributed by atoms with van der Waals surface area (Å²) < 4.78 is 0. The number of rotatable bonds is 5. The summed E-state index contributed by atoms with van der Waals surface area (Å²) in [4.78, 5) is 20.7. The molecule has 94 valence electrons. The van der Waals surface area contributed by atoms with Crippen molar-refractivity contribution in [3.8, 4) is 6.07 Å². The Morgan fingerprint density at radius 3 is 2.72 bits per heavy atom. The first kappa shape index (κ1) is 13.6. The van der Waals surface area contributed by atoms with Gasteiger partial charge in [0.15, 0.2) is 6.10 Å². The van der Waals surface area contributed by atoms with Gasteiger partial charge in [-0.2, -0.15) is 5.26 Å². The molecule has 0 radical (unpaired) electrons. The third-order valence-corrected chi connectivity index (χ3v) is 2.36. The molecule has 0 bridgehead atoms. The molecular weight excluding hydrogens is 240 g/mol. The maximum atomic E-state index is 10.7. The van der Waals surface area contributed by atoms with Crippen LogP contribution in [0.25, 0.3) is 0 Å². The zero-order chi connectivity index (χ0) is 13.7. The van der Waals surface area contributed by atoms with Gasteiger partial charge >= 0.3 is 5.97 Å². The van der Waals surface area contributed by atoms with Crippen LogP contribution in [-0.4, -0.2) is 21.1 Å². The second kappa shape index (κ2) is 5.75. The van der Waals surface area contributed by atoms with Crippen LogP contribution >= 0.6 is 0 Å². The quantitative estimate of drug-likeness (QED) is 0.596. The number of hydrogen-bond donors (Lipinski definition) is 2.